The van der Waals surface area contributed by atoms with E-state index >= 15 is 0 Å². The lowest BCUT2D eigenvalue weighted by Crippen LogP contribution is -2.16. The molecule has 0 atom stereocenters. The van der Waals surface area contributed by atoms with Gasteiger partial charge in [0, 0.05) is 23.9 Å². The molecule has 0 saturated carbocycles. The van der Waals surface area contributed by atoms with Crippen molar-refractivity contribution in [1.29, 1.82) is 0 Å². The number of hydrogen-bond acceptors (Lipinski definition) is 7. The lowest BCUT2D eigenvalue weighted by molar-refractivity contribution is -0.142. The second-order valence-electron chi connectivity index (χ2n) is 9.53. The number of fused-ring (bicyclic) bond motifs is 1. The highest BCUT2D eigenvalue weighted by atomic mass is 32.1. The van der Waals surface area contributed by atoms with E-state index in [1.165, 1.54) is 11.3 Å². The fourth-order valence-electron chi connectivity index (χ4n) is 4.26. The first-order chi connectivity index (χ1) is 20.6. The number of benzene rings is 3. The van der Waals surface area contributed by atoms with Crippen molar-refractivity contribution in [1.82, 2.24) is 19.6 Å². The maximum atomic E-state index is 14.0. The number of aromatic nitrogens is 4. The Kier molecular flexibility index (Phi) is 7.28. The van der Waals surface area contributed by atoms with Crippen molar-refractivity contribution in [2.45, 2.75) is 20.0 Å². The molecule has 3 aromatic carbocycles. The van der Waals surface area contributed by atoms with Crippen molar-refractivity contribution >= 4 is 28.7 Å². The van der Waals surface area contributed by atoms with Crippen molar-refractivity contribution in [3.63, 3.8) is 0 Å². The van der Waals surface area contributed by atoms with Gasteiger partial charge in [-0.1, -0.05) is 42.5 Å². The third-order valence-corrected chi connectivity index (χ3v) is 7.25. The van der Waals surface area contributed by atoms with Crippen LogP contribution in [0.15, 0.2) is 90.3 Å². The summed E-state index contributed by atoms with van der Waals surface area (Å²) in [5.74, 6) is 0.229. The van der Waals surface area contributed by atoms with Crippen LogP contribution in [0.4, 0.5) is 18.9 Å². The minimum atomic E-state index is -4.77. The Morgan fingerprint density at radius 1 is 0.837 bits per heavy atom. The maximum Gasteiger partial charge on any atom is 0.433 e. The summed E-state index contributed by atoms with van der Waals surface area (Å²) in [6.07, 6.45) is -4.77. The highest BCUT2D eigenvalue weighted by Gasteiger charge is 2.36. The summed E-state index contributed by atoms with van der Waals surface area (Å²) >= 11 is 1.23. The number of ether oxygens (including phenoxy) is 2. The zero-order valence-corrected chi connectivity index (χ0v) is 23.5. The predicted molar refractivity (Wildman–Crippen MR) is 156 cm³/mol. The second-order valence-corrected chi connectivity index (χ2v) is 10.5. The lowest BCUT2D eigenvalue weighted by Gasteiger charge is -2.14. The number of carbonyl (C=O) groups is 1. The van der Waals surface area contributed by atoms with E-state index < -0.39 is 23.6 Å². The number of aryl methyl sites for hydroxylation is 2. The van der Waals surface area contributed by atoms with Gasteiger partial charge in [-0.25, -0.2) is 4.98 Å². The van der Waals surface area contributed by atoms with Crippen LogP contribution in [-0.4, -0.2) is 25.5 Å². The van der Waals surface area contributed by atoms with E-state index in [1.54, 1.807) is 47.8 Å². The SMILES string of the molecule is Cc1ccccc1Oc1cc(NC(=O)c2nc3nc(-c4cccs4)cc(C(F)(F)F)n3n2)cc(Oc2ccccc2C)c1. The van der Waals surface area contributed by atoms with Crippen LogP contribution < -0.4 is 14.8 Å². The Morgan fingerprint density at radius 2 is 1.47 bits per heavy atom. The van der Waals surface area contributed by atoms with Crippen LogP contribution in [0.25, 0.3) is 16.3 Å². The van der Waals surface area contributed by atoms with Gasteiger partial charge >= 0.3 is 6.18 Å². The molecule has 6 rings (SSSR count). The van der Waals surface area contributed by atoms with Gasteiger partial charge in [0.05, 0.1) is 10.6 Å². The zero-order chi connectivity index (χ0) is 30.1. The standard InChI is InChI=1S/C31H22F3N5O3S/c1-18-8-3-5-10-24(18)41-21-14-20(15-22(16-21)42-25-11-6-4-9-19(25)2)35-29(40)28-37-30-36-23(26-12-7-13-43-26)17-27(31(32,33)34)39(30)38-28/h3-17H,1-2H3,(H,35,40). The predicted octanol–water partition coefficient (Wildman–Crippen LogP) is 8.33. The van der Waals surface area contributed by atoms with Crippen LogP contribution in [0.1, 0.15) is 27.4 Å². The number of nitrogens with one attached hydrogen (secondary N) is 1. The molecule has 12 heteroatoms. The third kappa shape index (κ3) is 6.04. The number of anilines is 1. The average Bonchev–Trinajstić information content (AvgIpc) is 3.65. The van der Waals surface area contributed by atoms with Gasteiger partial charge in [0.25, 0.3) is 11.7 Å². The summed E-state index contributed by atoms with van der Waals surface area (Å²) < 4.78 is 54.6. The van der Waals surface area contributed by atoms with Crippen molar-refractivity contribution in [2.75, 3.05) is 5.32 Å². The minimum absolute atomic E-state index is 0.0771. The summed E-state index contributed by atoms with van der Waals surface area (Å²) in [5, 5.41) is 8.24. The molecule has 43 heavy (non-hydrogen) atoms. The van der Waals surface area contributed by atoms with Crippen LogP contribution in [0.3, 0.4) is 0 Å². The van der Waals surface area contributed by atoms with Crippen molar-refractivity contribution in [3.05, 3.63) is 113 Å². The highest BCUT2D eigenvalue weighted by molar-refractivity contribution is 7.13. The van der Waals surface area contributed by atoms with E-state index in [2.05, 4.69) is 20.4 Å². The van der Waals surface area contributed by atoms with E-state index in [4.69, 9.17) is 9.47 Å². The van der Waals surface area contributed by atoms with Gasteiger partial charge in [-0.3, -0.25) is 4.79 Å². The number of carbonyl (C=O) groups excluding carboxylic acids is 1. The Morgan fingerprint density at radius 3 is 2.02 bits per heavy atom. The second kappa shape index (κ2) is 11.2. The molecule has 1 N–H and O–H groups in total. The number of halogens is 3. The smallest absolute Gasteiger partial charge is 0.433 e. The Bertz CT molecular complexity index is 1890. The number of rotatable bonds is 7. The lowest BCUT2D eigenvalue weighted by atomic mass is 10.2. The fraction of sp³-hybridized carbons (Fsp3) is 0.0968. The number of alkyl halides is 3. The molecule has 0 saturated heterocycles. The normalized spacial score (nSPS) is 11.5. The average molecular weight is 602 g/mol. The van der Waals surface area contributed by atoms with E-state index in [-0.39, 0.29) is 17.2 Å². The minimum Gasteiger partial charge on any atom is -0.457 e. The first-order valence-corrected chi connectivity index (χ1v) is 13.8. The zero-order valence-electron chi connectivity index (χ0n) is 22.7. The van der Waals surface area contributed by atoms with Crippen LogP contribution >= 0.6 is 11.3 Å². The van der Waals surface area contributed by atoms with Crippen LogP contribution in [-0.2, 0) is 6.18 Å². The van der Waals surface area contributed by atoms with Crippen LogP contribution in [0.5, 0.6) is 23.0 Å². The van der Waals surface area contributed by atoms with Gasteiger partial charge in [-0.15, -0.1) is 16.4 Å². The molecule has 0 spiro atoms. The Labute approximate surface area is 247 Å². The first-order valence-electron chi connectivity index (χ1n) is 13.0. The molecule has 3 heterocycles. The monoisotopic (exact) mass is 601 g/mol. The fourth-order valence-corrected chi connectivity index (χ4v) is 4.95. The molecule has 1 amide bonds. The molecule has 216 valence electrons. The van der Waals surface area contributed by atoms with E-state index in [9.17, 15) is 18.0 Å². The molecule has 0 fully saturated rings. The van der Waals surface area contributed by atoms with Crippen molar-refractivity contribution < 1.29 is 27.4 Å². The molecule has 0 bridgehead atoms. The molecule has 0 unspecified atom stereocenters. The number of nitrogens with zero attached hydrogens (tertiary/aromatic N) is 4. The third-order valence-electron chi connectivity index (χ3n) is 6.36. The molecule has 8 nitrogen and oxygen atoms in total. The van der Waals surface area contributed by atoms with Crippen LogP contribution in [0, 0.1) is 13.8 Å². The maximum absolute atomic E-state index is 14.0. The Hall–Kier alpha value is -5.23. The number of para-hydroxylation sites is 2. The van der Waals surface area contributed by atoms with Gasteiger partial charge in [0.15, 0.2) is 5.69 Å². The largest absolute Gasteiger partial charge is 0.457 e. The highest BCUT2D eigenvalue weighted by Crippen LogP contribution is 2.35. The number of thiophene rings is 1. The molecule has 3 aromatic heterocycles. The quantitative estimate of drug-likeness (QED) is 0.198. The molecular formula is C31H22F3N5O3S. The molecule has 0 aliphatic heterocycles. The van der Waals surface area contributed by atoms with E-state index in [0.717, 1.165) is 17.2 Å². The first kappa shape index (κ1) is 27.9. The van der Waals surface area contributed by atoms with Gasteiger partial charge < -0.3 is 14.8 Å². The number of hydrogen-bond donors (Lipinski definition) is 1. The molecule has 0 aliphatic rings. The summed E-state index contributed by atoms with van der Waals surface area (Å²) in [7, 11) is 0. The van der Waals surface area contributed by atoms with E-state index in [1.807, 2.05) is 50.2 Å². The van der Waals surface area contributed by atoms with Gasteiger partial charge in [0.1, 0.15) is 23.0 Å². The summed E-state index contributed by atoms with van der Waals surface area (Å²) in [5.41, 5.74) is 1.01. The van der Waals surface area contributed by atoms with Crippen LogP contribution in [0.2, 0.25) is 0 Å². The van der Waals surface area contributed by atoms with Gasteiger partial charge in [0.2, 0.25) is 5.82 Å². The molecule has 0 aliphatic carbocycles. The van der Waals surface area contributed by atoms with Gasteiger partial charge in [-0.2, -0.15) is 22.7 Å². The van der Waals surface area contributed by atoms with E-state index in [0.29, 0.717) is 32.4 Å². The van der Waals surface area contributed by atoms with Gasteiger partial charge in [-0.05, 0) is 54.6 Å². The summed E-state index contributed by atoms with van der Waals surface area (Å²) in [6, 6.07) is 23.9. The topological polar surface area (TPSA) is 90.6 Å². The van der Waals surface area contributed by atoms with Crippen molar-refractivity contribution in [3.8, 4) is 33.6 Å². The van der Waals surface area contributed by atoms with Crippen molar-refractivity contribution in [2.24, 2.45) is 0 Å². The summed E-state index contributed by atoms with van der Waals surface area (Å²) in [4.78, 5) is 22.0. The molecular weight excluding hydrogens is 579 g/mol. The number of amides is 1. The molecule has 6 aromatic rings. The summed E-state index contributed by atoms with van der Waals surface area (Å²) in [6.45, 7) is 3.79. The molecule has 0 radical (unpaired) electrons. The Balaban J connectivity index is 1.36.